The quantitative estimate of drug-likeness (QED) is 0.632. The molecule has 0 aliphatic carbocycles. The number of fused-ring (bicyclic) bond motifs is 1. The summed E-state index contributed by atoms with van der Waals surface area (Å²) in [5, 5.41) is 7.09. The van der Waals surface area contributed by atoms with Crippen molar-refractivity contribution in [3.63, 3.8) is 0 Å². The maximum Gasteiger partial charge on any atom is 0.269 e. The Morgan fingerprint density at radius 3 is 2.79 bits per heavy atom. The molecule has 0 saturated heterocycles. The lowest BCUT2D eigenvalue weighted by molar-refractivity contribution is 0.951. The van der Waals surface area contributed by atoms with Crippen molar-refractivity contribution in [2.75, 3.05) is 0 Å². The largest absolute Gasteiger partial charge is 0.269 e. The van der Waals surface area contributed by atoms with Crippen LogP contribution in [-0.2, 0) is 6.42 Å². The molecule has 118 valence electrons. The van der Waals surface area contributed by atoms with Crippen LogP contribution in [0.4, 0.5) is 0 Å². The first-order valence-electron chi connectivity index (χ1n) is 7.77. The number of rotatable bonds is 3. The van der Waals surface area contributed by atoms with Crippen molar-refractivity contribution < 1.29 is 0 Å². The number of benzene rings is 2. The zero-order valence-electron chi connectivity index (χ0n) is 13.2. The summed E-state index contributed by atoms with van der Waals surface area (Å²) in [4.78, 5) is 16.9. The second-order valence-electron chi connectivity index (χ2n) is 5.83. The smallest absolute Gasteiger partial charge is 0.268 e. The Hall–Kier alpha value is -3.21. The Labute approximate surface area is 138 Å². The van der Waals surface area contributed by atoms with Crippen molar-refractivity contribution in [2.45, 2.75) is 13.3 Å². The Morgan fingerprint density at radius 1 is 1.12 bits per heavy atom. The summed E-state index contributed by atoms with van der Waals surface area (Å²) in [7, 11) is 0. The van der Waals surface area contributed by atoms with Crippen LogP contribution in [-0.4, -0.2) is 19.7 Å². The molecule has 4 rings (SSSR count). The van der Waals surface area contributed by atoms with E-state index in [9.17, 15) is 4.79 Å². The third-order valence-corrected chi connectivity index (χ3v) is 4.22. The highest BCUT2D eigenvalue weighted by molar-refractivity contribution is 5.72. The zero-order valence-corrected chi connectivity index (χ0v) is 13.2. The lowest BCUT2D eigenvalue weighted by Gasteiger charge is -2.11. The van der Waals surface area contributed by atoms with Gasteiger partial charge < -0.3 is 0 Å². The first kappa shape index (κ1) is 14.4. The average molecular weight is 316 g/mol. The summed E-state index contributed by atoms with van der Waals surface area (Å²) in [6, 6.07) is 16.3. The van der Waals surface area contributed by atoms with E-state index in [1.54, 1.807) is 10.9 Å². The van der Waals surface area contributed by atoms with Gasteiger partial charge in [-0.25, -0.2) is 4.98 Å². The van der Waals surface area contributed by atoms with Crippen LogP contribution in [0.2, 0.25) is 0 Å². The van der Waals surface area contributed by atoms with Gasteiger partial charge in [0.25, 0.3) is 5.56 Å². The number of hydrogen-bond acceptors (Lipinski definition) is 3. The van der Waals surface area contributed by atoms with E-state index in [4.69, 9.17) is 0 Å². The Kier molecular flexibility index (Phi) is 3.46. The molecule has 2 aromatic carbocycles. The monoisotopic (exact) mass is 316 g/mol. The number of hydrogen-bond donors (Lipinski definition) is 1. The molecule has 0 saturated carbocycles. The molecule has 2 heterocycles. The van der Waals surface area contributed by atoms with Crippen LogP contribution in [0.3, 0.4) is 0 Å². The van der Waals surface area contributed by atoms with Crippen molar-refractivity contribution in [3.8, 4) is 5.69 Å². The van der Waals surface area contributed by atoms with Gasteiger partial charge in [0.15, 0.2) is 5.65 Å². The maximum atomic E-state index is 12.6. The lowest BCUT2D eigenvalue weighted by atomic mass is 10.00. The fourth-order valence-electron chi connectivity index (χ4n) is 2.83. The minimum Gasteiger partial charge on any atom is -0.268 e. The van der Waals surface area contributed by atoms with Crippen molar-refractivity contribution in [3.05, 3.63) is 88.1 Å². The van der Waals surface area contributed by atoms with Gasteiger partial charge in [-0.3, -0.25) is 14.5 Å². The number of nitrogens with zero attached hydrogens (tertiary/aromatic N) is 3. The second kappa shape index (κ2) is 5.77. The molecule has 24 heavy (non-hydrogen) atoms. The van der Waals surface area contributed by atoms with Crippen LogP contribution < -0.4 is 5.56 Å². The van der Waals surface area contributed by atoms with E-state index in [0.717, 1.165) is 12.1 Å². The van der Waals surface area contributed by atoms with Gasteiger partial charge in [-0.15, -0.1) is 0 Å². The van der Waals surface area contributed by atoms with Gasteiger partial charge in [-0.1, -0.05) is 36.4 Å². The number of aromatic nitrogens is 4. The topological polar surface area (TPSA) is 63.6 Å². The summed E-state index contributed by atoms with van der Waals surface area (Å²) in [6.45, 7) is 2.09. The first-order valence-corrected chi connectivity index (χ1v) is 7.77. The summed E-state index contributed by atoms with van der Waals surface area (Å²) >= 11 is 0. The molecular formula is C19H16N4O. The van der Waals surface area contributed by atoms with E-state index in [-0.39, 0.29) is 5.56 Å². The third-order valence-electron chi connectivity index (χ3n) is 4.22. The molecule has 5 nitrogen and oxygen atoms in total. The predicted octanol–water partition coefficient (Wildman–Crippen LogP) is 3.01. The molecule has 2 aromatic heterocycles. The molecule has 0 aliphatic heterocycles. The summed E-state index contributed by atoms with van der Waals surface area (Å²) < 4.78 is 1.56. The Bertz CT molecular complexity index is 1060. The van der Waals surface area contributed by atoms with Crippen LogP contribution in [0.1, 0.15) is 16.7 Å². The molecule has 4 aromatic rings. The molecule has 0 aliphatic rings. The molecule has 0 radical (unpaired) electrons. The first-order chi connectivity index (χ1) is 11.7. The molecule has 0 amide bonds. The van der Waals surface area contributed by atoms with Gasteiger partial charge in [-0.2, -0.15) is 5.10 Å². The zero-order chi connectivity index (χ0) is 16.5. The highest BCUT2D eigenvalue weighted by Crippen LogP contribution is 2.18. The van der Waals surface area contributed by atoms with Gasteiger partial charge in [0, 0.05) is 0 Å². The van der Waals surface area contributed by atoms with E-state index < -0.39 is 0 Å². The molecule has 1 N–H and O–H groups in total. The van der Waals surface area contributed by atoms with Crippen LogP contribution in [0, 0.1) is 6.92 Å². The fourth-order valence-corrected chi connectivity index (χ4v) is 2.83. The minimum absolute atomic E-state index is 0.122. The molecule has 0 spiro atoms. The van der Waals surface area contributed by atoms with Crippen LogP contribution in [0.15, 0.2) is 65.8 Å². The van der Waals surface area contributed by atoms with E-state index >= 15 is 0 Å². The van der Waals surface area contributed by atoms with Crippen LogP contribution in [0.5, 0.6) is 0 Å². The number of aryl methyl sites for hydroxylation is 1. The Morgan fingerprint density at radius 2 is 1.96 bits per heavy atom. The van der Waals surface area contributed by atoms with E-state index in [0.29, 0.717) is 11.0 Å². The van der Waals surface area contributed by atoms with Crippen molar-refractivity contribution >= 4 is 11.0 Å². The summed E-state index contributed by atoms with van der Waals surface area (Å²) in [6.07, 6.45) is 3.89. The second-order valence-corrected chi connectivity index (χ2v) is 5.83. The third kappa shape index (κ3) is 2.50. The number of H-pyrrole nitrogens is 1. The van der Waals surface area contributed by atoms with Gasteiger partial charge in [-0.05, 0) is 42.2 Å². The van der Waals surface area contributed by atoms with Crippen molar-refractivity contribution in [2.24, 2.45) is 0 Å². The van der Waals surface area contributed by atoms with Crippen molar-refractivity contribution in [1.82, 2.24) is 19.7 Å². The number of aromatic amines is 1. The molecular weight excluding hydrogens is 300 g/mol. The van der Waals surface area contributed by atoms with Gasteiger partial charge in [0.2, 0.25) is 0 Å². The van der Waals surface area contributed by atoms with Crippen LogP contribution >= 0.6 is 0 Å². The summed E-state index contributed by atoms with van der Waals surface area (Å²) in [5.74, 6) is 0. The molecule has 5 heteroatoms. The molecule has 0 unspecified atom stereocenters. The SMILES string of the molecule is Cc1ccc(-n2cnc3[nH]ncc3c2=O)cc1Cc1ccccc1. The highest BCUT2D eigenvalue weighted by atomic mass is 16.1. The average Bonchev–Trinajstić information content (AvgIpc) is 3.08. The van der Waals surface area contributed by atoms with Gasteiger partial charge in [0.05, 0.1) is 11.9 Å². The fraction of sp³-hybridized carbons (Fsp3) is 0.105. The minimum atomic E-state index is -0.122. The van der Waals surface area contributed by atoms with Gasteiger partial charge in [0.1, 0.15) is 11.7 Å². The number of nitrogens with one attached hydrogen (secondary N) is 1. The standard InChI is InChI=1S/C19H16N4O/c1-13-7-8-16(10-15(13)9-14-5-3-2-4-6-14)23-12-20-18-17(19(23)24)11-21-22-18/h2-8,10-12H,9H2,1H3,(H,21,22). The summed E-state index contributed by atoms with van der Waals surface area (Å²) in [5.41, 5.74) is 4.84. The van der Waals surface area contributed by atoms with E-state index in [2.05, 4.69) is 40.3 Å². The molecule has 0 atom stereocenters. The Balaban J connectivity index is 1.79. The predicted molar refractivity (Wildman–Crippen MR) is 93.5 cm³/mol. The van der Waals surface area contributed by atoms with Gasteiger partial charge >= 0.3 is 0 Å². The molecule has 0 bridgehead atoms. The maximum absolute atomic E-state index is 12.6. The van der Waals surface area contributed by atoms with E-state index in [1.165, 1.54) is 22.9 Å². The van der Waals surface area contributed by atoms with Crippen molar-refractivity contribution in [1.29, 1.82) is 0 Å². The molecule has 0 fully saturated rings. The van der Waals surface area contributed by atoms with Crippen LogP contribution in [0.25, 0.3) is 16.7 Å². The van der Waals surface area contributed by atoms with E-state index in [1.807, 2.05) is 30.3 Å². The normalized spacial score (nSPS) is 11.0. The lowest BCUT2D eigenvalue weighted by Crippen LogP contribution is -2.18. The highest BCUT2D eigenvalue weighted by Gasteiger charge is 2.09.